The maximum atomic E-state index is 11.6. The smallest absolute Gasteiger partial charge is 0.280 e. The number of imidazole rings is 1. The summed E-state index contributed by atoms with van der Waals surface area (Å²) in [4.78, 5) is 15.2. The summed E-state index contributed by atoms with van der Waals surface area (Å²) in [5, 5.41) is 2.56. The minimum atomic E-state index is -3.84. The summed E-state index contributed by atoms with van der Waals surface area (Å²) in [6.07, 6.45) is 4.38. The fourth-order valence-corrected chi connectivity index (χ4v) is 2.22. The fourth-order valence-electron chi connectivity index (χ4n) is 1.54. The van der Waals surface area contributed by atoms with Gasteiger partial charge in [0.15, 0.2) is 5.03 Å². The summed E-state index contributed by atoms with van der Waals surface area (Å²) >= 11 is 0. The lowest BCUT2D eigenvalue weighted by atomic mass is 10.2. The van der Waals surface area contributed by atoms with Gasteiger partial charge < -0.3 is 9.88 Å². The maximum Gasteiger partial charge on any atom is 0.280 e. The molecule has 18 heavy (non-hydrogen) atoms. The molecule has 0 aliphatic rings. The van der Waals surface area contributed by atoms with Crippen molar-refractivity contribution in [1.29, 1.82) is 0 Å². The number of hydrogen-bond acceptors (Lipinski definition) is 4. The Morgan fingerprint density at radius 2 is 2.28 bits per heavy atom. The summed E-state index contributed by atoms with van der Waals surface area (Å²) < 4.78 is 23.3. The Morgan fingerprint density at radius 1 is 1.61 bits per heavy atom. The van der Waals surface area contributed by atoms with Gasteiger partial charge in [-0.2, -0.15) is 0 Å². The average Bonchev–Trinajstić information content (AvgIpc) is 2.65. The van der Waals surface area contributed by atoms with Crippen molar-refractivity contribution >= 4 is 25.6 Å². The van der Waals surface area contributed by atoms with E-state index in [1.807, 2.05) is 13.8 Å². The van der Waals surface area contributed by atoms with Crippen molar-refractivity contribution in [3.63, 3.8) is 0 Å². The number of halogens is 1. The standard InChI is InChI=1S/C10H16ClN3O3S/c1-3-4-8(2)13-9(15)5-14-6-10(12-7-14)18(11,16)17/h6-8H,3-5H2,1-2H3,(H,13,15). The SMILES string of the molecule is CCCC(C)NC(=O)Cn1cnc(S(=O)(=O)Cl)c1. The first-order valence-electron chi connectivity index (χ1n) is 5.58. The second-order valence-corrected chi connectivity index (χ2v) is 6.59. The predicted molar refractivity (Wildman–Crippen MR) is 67.8 cm³/mol. The zero-order valence-electron chi connectivity index (χ0n) is 10.3. The van der Waals surface area contributed by atoms with Gasteiger partial charge in [0.1, 0.15) is 6.54 Å². The molecule has 1 atom stereocenters. The quantitative estimate of drug-likeness (QED) is 0.797. The van der Waals surface area contributed by atoms with Gasteiger partial charge in [-0.25, -0.2) is 13.4 Å². The Morgan fingerprint density at radius 3 is 2.78 bits per heavy atom. The molecule has 0 saturated carbocycles. The van der Waals surface area contributed by atoms with Crippen molar-refractivity contribution in [1.82, 2.24) is 14.9 Å². The van der Waals surface area contributed by atoms with Crippen molar-refractivity contribution in [2.75, 3.05) is 0 Å². The Kier molecular flexibility index (Phi) is 5.15. The van der Waals surface area contributed by atoms with Gasteiger partial charge in [0.25, 0.3) is 9.05 Å². The molecule has 0 aliphatic heterocycles. The van der Waals surface area contributed by atoms with E-state index in [4.69, 9.17) is 10.7 Å². The Bertz CT molecular complexity index is 512. The highest BCUT2D eigenvalue weighted by Gasteiger charge is 2.14. The molecule has 1 aromatic rings. The molecule has 0 aromatic carbocycles. The van der Waals surface area contributed by atoms with Crippen LogP contribution in [-0.4, -0.2) is 29.9 Å². The largest absolute Gasteiger partial charge is 0.352 e. The summed E-state index contributed by atoms with van der Waals surface area (Å²) in [6, 6.07) is 0.0993. The number of nitrogens with one attached hydrogen (secondary N) is 1. The minimum Gasteiger partial charge on any atom is -0.352 e. The molecule has 8 heteroatoms. The number of aromatic nitrogens is 2. The molecule has 1 amide bonds. The number of amides is 1. The Labute approximate surface area is 111 Å². The number of hydrogen-bond donors (Lipinski definition) is 1. The molecule has 0 saturated heterocycles. The zero-order chi connectivity index (χ0) is 13.8. The molecule has 1 rings (SSSR count). The fraction of sp³-hybridized carbons (Fsp3) is 0.600. The highest BCUT2D eigenvalue weighted by atomic mass is 35.7. The van der Waals surface area contributed by atoms with Gasteiger partial charge in [0.2, 0.25) is 5.91 Å². The molecule has 1 N–H and O–H groups in total. The lowest BCUT2D eigenvalue weighted by Crippen LogP contribution is -2.34. The molecular weight excluding hydrogens is 278 g/mol. The molecular formula is C10H16ClN3O3S. The molecule has 6 nitrogen and oxygen atoms in total. The van der Waals surface area contributed by atoms with Gasteiger partial charge in [-0.1, -0.05) is 13.3 Å². The van der Waals surface area contributed by atoms with Crippen LogP contribution in [0.2, 0.25) is 0 Å². The number of carbonyl (C=O) groups is 1. The lowest BCUT2D eigenvalue weighted by molar-refractivity contribution is -0.122. The number of rotatable bonds is 6. The van der Waals surface area contributed by atoms with Crippen LogP contribution in [0.15, 0.2) is 17.6 Å². The molecule has 1 unspecified atom stereocenters. The molecule has 0 spiro atoms. The van der Waals surface area contributed by atoms with Crippen LogP contribution in [0.4, 0.5) is 0 Å². The molecule has 0 aliphatic carbocycles. The normalized spacial score (nSPS) is 13.3. The second-order valence-electron chi connectivity index (χ2n) is 4.08. The van der Waals surface area contributed by atoms with E-state index in [1.165, 1.54) is 17.1 Å². The molecule has 0 fully saturated rings. The topological polar surface area (TPSA) is 81.1 Å². The van der Waals surface area contributed by atoms with E-state index < -0.39 is 9.05 Å². The van der Waals surface area contributed by atoms with Crippen LogP contribution in [0.1, 0.15) is 26.7 Å². The van der Waals surface area contributed by atoms with Crippen molar-refractivity contribution in [2.24, 2.45) is 0 Å². The van der Waals surface area contributed by atoms with E-state index >= 15 is 0 Å². The van der Waals surface area contributed by atoms with Gasteiger partial charge in [-0.05, 0) is 13.3 Å². The first-order chi connectivity index (χ1) is 8.32. The monoisotopic (exact) mass is 293 g/mol. The number of nitrogens with zero attached hydrogens (tertiary/aromatic N) is 2. The zero-order valence-corrected chi connectivity index (χ0v) is 11.8. The van der Waals surface area contributed by atoms with Gasteiger partial charge in [-0.3, -0.25) is 4.79 Å². The van der Waals surface area contributed by atoms with Crippen LogP contribution in [0.5, 0.6) is 0 Å². The molecule has 0 radical (unpaired) electrons. The van der Waals surface area contributed by atoms with E-state index in [9.17, 15) is 13.2 Å². The third kappa shape index (κ3) is 4.66. The highest BCUT2D eigenvalue weighted by molar-refractivity contribution is 8.13. The lowest BCUT2D eigenvalue weighted by Gasteiger charge is -2.12. The van der Waals surface area contributed by atoms with Crippen molar-refractivity contribution in [3.05, 3.63) is 12.5 Å². The highest BCUT2D eigenvalue weighted by Crippen LogP contribution is 2.11. The van der Waals surface area contributed by atoms with Crippen LogP contribution in [0, 0.1) is 0 Å². The van der Waals surface area contributed by atoms with Crippen LogP contribution < -0.4 is 5.32 Å². The van der Waals surface area contributed by atoms with Crippen LogP contribution >= 0.6 is 10.7 Å². The van der Waals surface area contributed by atoms with Gasteiger partial charge in [0, 0.05) is 22.9 Å². The summed E-state index contributed by atoms with van der Waals surface area (Å²) in [5.41, 5.74) is 0. The Balaban J connectivity index is 2.58. The van der Waals surface area contributed by atoms with E-state index in [0.717, 1.165) is 12.8 Å². The summed E-state index contributed by atoms with van der Waals surface area (Å²) in [7, 11) is 1.29. The van der Waals surface area contributed by atoms with Crippen molar-refractivity contribution < 1.29 is 13.2 Å². The van der Waals surface area contributed by atoms with Gasteiger partial charge in [-0.15, -0.1) is 0 Å². The second kappa shape index (κ2) is 6.19. The molecule has 1 heterocycles. The van der Waals surface area contributed by atoms with E-state index in [2.05, 4.69) is 10.3 Å². The van der Waals surface area contributed by atoms with Crippen LogP contribution in [0.3, 0.4) is 0 Å². The first kappa shape index (κ1) is 15.0. The summed E-state index contributed by atoms with van der Waals surface area (Å²) in [6.45, 7) is 3.98. The van der Waals surface area contributed by atoms with Crippen LogP contribution in [0.25, 0.3) is 0 Å². The molecule has 102 valence electrons. The molecule has 1 aromatic heterocycles. The van der Waals surface area contributed by atoms with E-state index in [0.29, 0.717) is 0 Å². The van der Waals surface area contributed by atoms with Crippen molar-refractivity contribution in [2.45, 2.75) is 44.3 Å². The minimum absolute atomic E-state index is 0.0213. The maximum absolute atomic E-state index is 11.6. The molecule has 0 bridgehead atoms. The summed E-state index contributed by atoms with van der Waals surface area (Å²) in [5.74, 6) is -0.188. The third-order valence-corrected chi connectivity index (χ3v) is 3.50. The van der Waals surface area contributed by atoms with Crippen molar-refractivity contribution in [3.8, 4) is 0 Å². The van der Waals surface area contributed by atoms with Gasteiger partial charge >= 0.3 is 0 Å². The van der Waals surface area contributed by atoms with Gasteiger partial charge in [0.05, 0.1) is 6.33 Å². The van der Waals surface area contributed by atoms with E-state index in [-0.39, 0.29) is 23.5 Å². The predicted octanol–water partition coefficient (Wildman–Crippen LogP) is 1.12. The van der Waals surface area contributed by atoms with E-state index in [1.54, 1.807) is 0 Å². The number of carbonyl (C=O) groups excluding carboxylic acids is 1. The third-order valence-electron chi connectivity index (χ3n) is 2.31. The average molecular weight is 294 g/mol. The first-order valence-corrected chi connectivity index (χ1v) is 7.89. The van der Waals surface area contributed by atoms with Crippen LogP contribution in [-0.2, 0) is 20.4 Å². The Hall–Kier alpha value is -1.08.